The first-order chi connectivity index (χ1) is 10.0. The topological polar surface area (TPSA) is 57.0 Å². The maximum atomic E-state index is 14.0. The molecule has 0 aliphatic heterocycles. The Morgan fingerprint density at radius 1 is 1.52 bits per heavy atom. The molecule has 8 heteroatoms. The van der Waals surface area contributed by atoms with Gasteiger partial charge in [0.05, 0.1) is 18.3 Å². The van der Waals surface area contributed by atoms with Gasteiger partial charge in [-0.1, -0.05) is 15.9 Å². The SMILES string of the molecule is CCOC(=O)CPc1nc(-c2ccc(Br)cc2F)n(C)n1. The van der Waals surface area contributed by atoms with E-state index in [9.17, 15) is 9.18 Å². The summed E-state index contributed by atoms with van der Waals surface area (Å²) in [5.41, 5.74) is 0.892. The second kappa shape index (κ2) is 7.09. The molecule has 0 N–H and O–H groups in total. The number of hydrogen-bond donors (Lipinski definition) is 0. The summed E-state index contributed by atoms with van der Waals surface area (Å²) >= 11 is 3.22. The summed E-state index contributed by atoms with van der Waals surface area (Å²) in [6.07, 6.45) is 0.236. The Hall–Kier alpha value is -1.33. The predicted molar refractivity (Wildman–Crippen MR) is 83.5 cm³/mol. The van der Waals surface area contributed by atoms with E-state index in [1.54, 1.807) is 26.1 Å². The van der Waals surface area contributed by atoms with Gasteiger partial charge in [0, 0.05) is 11.5 Å². The Morgan fingerprint density at radius 2 is 2.29 bits per heavy atom. The lowest BCUT2D eigenvalue weighted by molar-refractivity contribution is -0.139. The minimum atomic E-state index is -0.375. The van der Waals surface area contributed by atoms with Crippen LogP contribution in [0, 0.1) is 5.82 Å². The standard InChI is InChI=1S/C13H14BrFN3O2P/c1-3-20-11(19)7-21-13-16-12(18(2)17-13)9-5-4-8(14)6-10(9)15/h4-6,21H,3,7H2,1-2H3. The highest BCUT2D eigenvalue weighted by molar-refractivity contribution is 9.10. The van der Waals surface area contributed by atoms with Crippen LogP contribution in [0.4, 0.5) is 4.39 Å². The van der Waals surface area contributed by atoms with E-state index in [4.69, 9.17) is 4.74 Å². The molecule has 21 heavy (non-hydrogen) atoms. The van der Waals surface area contributed by atoms with Crippen molar-refractivity contribution in [1.82, 2.24) is 14.8 Å². The van der Waals surface area contributed by atoms with Crippen LogP contribution in [0.5, 0.6) is 0 Å². The molecule has 0 amide bonds. The summed E-state index contributed by atoms with van der Waals surface area (Å²) < 4.78 is 21.0. The molecule has 0 spiro atoms. The average molecular weight is 374 g/mol. The smallest absolute Gasteiger partial charge is 0.310 e. The molecule has 0 saturated heterocycles. The quantitative estimate of drug-likeness (QED) is 0.595. The van der Waals surface area contributed by atoms with Gasteiger partial charge >= 0.3 is 5.97 Å². The number of carbonyl (C=O) groups excluding carboxylic acids is 1. The van der Waals surface area contributed by atoms with Crippen molar-refractivity contribution in [3.8, 4) is 11.4 Å². The van der Waals surface area contributed by atoms with E-state index in [0.717, 1.165) is 0 Å². The lowest BCUT2D eigenvalue weighted by Gasteiger charge is -2.02. The molecule has 1 aromatic heterocycles. The van der Waals surface area contributed by atoms with E-state index in [1.807, 2.05) is 0 Å². The Bertz CT molecular complexity index is 663. The first-order valence-corrected chi connectivity index (χ1v) is 8.27. The van der Waals surface area contributed by atoms with Crippen molar-refractivity contribution in [2.45, 2.75) is 6.92 Å². The van der Waals surface area contributed by atoms with Gasteiger partial charge in [0.15, 0.2) is 11.4 Å². The number of esters is 1. The molecule has 1 aromatic carbocycles. The van der Waals surface area contributed by atoms with Crippen LogP contribution in [0.1, 0.15) is 6.92 Å². The first-order valence-electron chi connectivity index (χ1n) is 6.27. The number of carbonyl (C=O) groups is 1. The summed E-state index contributed by atoms with van der Waals surface area (Å²) in [7, 11) is 1.80. The van der Waals surface area contributed by atoms with Crippen LogP contribution in [0.25, 0.3) is 11.4 Å². The van der Waals surface area contributed by atoms with Crippen LogP contribution in [-0.2, 0) is 16.6 Å². The van der Waals surface area contributed by atoms with Gasteiger partial charge in [-0.2, -0.15) is 5.10 Å². The second-order valence-corrected chi connectivity index (χ2v) is 6.24. The lowest BCUT2D eigenvalue weighted by Crippen LogP contribution is -2.10. The molecule has 1 unspecified atom stereocenters. The fourth-order valence-electron chi connectivity index (χ4n) is 1.73. The van der Waals surface area contributed by atoms with Crippen molar-refractivity contribution in [2.24, 2.45) is 7.05 Å². The molecule has 1 atom stereocenters. The molecule has 0 aliphatic rings. The summed E-state index contributed by atoms with van der Waals surface area (Å²) in [6, 6.07) is 4.76. The van der Waals surface area contributed by atoms with Crippen molar-refractivity contribution in [1.29, 1.82) is 0 Å². The number of aromatic nitrogens is 3. The van der Waals surface area contributed by atoms with Gasteiger partial charge in [-0.25, -0.2) is 14.1 Å². The molecule has 112 valence electrons. The molecule has 1 heterocycles. The van der Waals surface area contributed by atoms with Crippen LogP contribution < -0.4 is 5.57 Å². The van der Waals surface area contributed by atoms with Gasteiger partial charge in [-0.3, -0.25) is 4.79 Å². The van der Waals surface area contributed by atoms with Gasteiger partial charge in [0.25, 0.3) is 0 Å². The second-order valence-electron chi connectivity index (χ2n) is 4.17. The maximum absolute atomic E-state index is 14.0. The largest absolute Gasteiger partial charge is 0.466 e. The van der Waals surface area contributed by atoms with Gasteiger partial charge < -0.3 is 4.74 Å². The fraction of sp³-hybridized carbons (Fsp3) is 0.308. The minimum Gasteiger partial charge on any atom is -0.466 e. The molecule has 0 aliphatic carbocycles. The number of rotatable bonds is 5. The predicted octanol–water partition coefficient (Wildman–Crippen LogP) is 2.25. The van der Waals surface area contributed by atoms with Crippen LogP contribution in [0.3, 0.4) is 0 Å². The van der Waals surface area contributed by atoms with E-state index in [2.05, 4.69) is 26.0 Å². The molecule has 2 rings (SSSR count). The lowest BCUT2D eigenvalue weighted by atomic mass is 10.2. The van der Waals surface area contributed by atoms with Crippen molar-refractivity contribution >= 4 is 36.0 Å². The maximum Gasteiger partial charge on any atom is 0.310 e. The van der Waals surface area contributed by atoms with Crippen LogP contribution in [0.15, 0.2) is 22.7 Å². The zero-order chi connectivity index (χ0) is 15.4. The summed E-state index contributed by atoms with van der Waals surface area (Å²) in [6.45, 7) is 2.11. The minimum absolute atomic E-state index is 0.102. The number of hydrogen-bond acceptors (Lipinski definition) is 4. The Morgan fingerprint density at radius 3 is 2.95 bits per heavy atom. The third-order valence-corrected chi connectivity index (χ3v) is 4.12. The average Bonchev–Trinajstić information content (AvgIpc) is 2.78. The molecular weight excluding hydrogens is 360 g/mol. The zero-order valence-corrected chi connectivity index (χ0v) is 14.1. The number of ether oxygens (including phenoxy) is 1. The van der Waals surface area contributed by atoms with Crippen molar-refractivity contribution in [2.75, 3.05) is 12.8 Å². The summed E-state index contributed by atoms with van der Waals surface area (Å²) in [5, 5.41) is 4.21. The third kappa shape index (κ3) is 4.08. The first kappa shape index (κ1) is 16.0. The van der Waals surface area contributed by atoms with E-state index in [0.29, 0.717) is 28.0 Å². The third-order valence-electron chi connectivity index (χ3n) is 2.63. The molecular formula is C13H14BrFN3O2P. The fourth-order valence-corrected chi connectivity index (χ4v) is 2.87. The van der Waals surface area contributed by atoms with E-state index >= 15 is 0 Å². The number of aryl methyl sites for hydroxylation is 1. The van der Waals surface area contributed by atoms with Crippen LogP contribution in [-0.4, -0.2) is 33.5 Å². The Labute approximate surface area is 131 Å². The molecule has 5 nitrogen and oxygen atoms in total. The monoisotopic (exact) mass is 373 g/mol. The van der Waals surface area contributed by atoms with Gasteiger partial charge in [-0.05, 0) is 33.7 Å². The van der Waals surface area contributed by atoms with Gasteiger partial charge in [0.2, 0.25) is 0 Å². The molecule has 0 bridgehead atoms. The van der Waals surface area contributed by atoms with Gasteiger partial charge in [0.1, 0.15) is 5.82 Å². The number of benzene rings is 1. The molecule has 0 fully saturated rings. The van der Waals surface area contributed by atoms with E-state index in [-0.39, 0.29) is 26.5 Å². The zero-order valence-electron chi connectivity index (χ0n) is 11.6. The number of nitrogens with zero attached hydrogens (tertiary/aromatic N) is 3. The van der Waals surface area contributed by atoms with E-state index in [1.165, 1.54) is 10.7 Å². The summed E-state index contributed by atoms with van der Waals surface area (Å²) in [4.78, 5) is 15.6. The highest BCUT2D eigenvalue weighted by Gasteiger charge is 2.14. The van der Waals surface area contributed by atoms with Crippen molar-refractivity contribution in [3.63, 3.8) is 0 Å². The Kier molecular flexibility index (Phi) is 5.42. The van der Waals surface area contributed by atoms with Crippen LogP contribution in [0.2, 0.25) is 0 Å². The Balaban J connectivity index is 2.17. The highest BCUT2D eigenvalue weighted by Crippen LogP contribution is 2.23. The molecule has 0 radical (unpaired) electrons. The molecule has 2 aromatic rings. The normalized spacial score (nSPS) is 11.2. The molecule has 0 saturated carbocycles. The van der Waals surface area contributed by atoms with Crippen molar-refractivity contribution < 1.29 is 13.9 Å². The van der Waals surface area contributed by atoms with Crippen molar-refractivity contribution in [3.05, 3.63) is 28.5 Å². The number of halogens is 2. The van der Waals surface area contributed by atoms with Crippen LogP contribution >= 0.6 is 24.5 Å². The van der Waals surface area contributed by atoms with E-state index < -0.39 is 0 Å². The highest BCUT2D eigenvalue weighted by atomic mass is 79.9. The summed E-state index contributed by atoms with van der Waals surface area (Å²) in [5.74, 6) is -0.217. The van der Waals surface area contributed by atoms with Gasteiger partial charge in [-0.15, -0.1) is 0 Å².